The van der Waals surface area contributed by atoms with Crippen molar-refractivity contribution in [2.24, 2.45) is 5.92 Å². The standard InChI is InChI=1S/C20H22F4N4O2/c1-18(30,20(22,23)24)17(29)28-10-6-13(7-11-28)19(8-9-19)16-25-15(26-27-16)12-2-4-14(21)5-3-12/h2-5,13,30H,6-11H2,1H3,(H,25,26,27)/t18-/m1/s1. The van der Waals surface area contributed by atoms with Gasteiger partial charge in [0.2, 0.25) is 5.60 Å². The largest absolute Gasteiger partial charge is 0.426 e. The minimum atomic E-state index is -5.02. The number of nitrogens with zero attached hydrogens (tertiary/aromatic N) is 3. The second-order valence-corrected chi connectivity index (χ2v) is 8.32. The molecule has 1 aliphatic carbocycles. The smallest absolute Gasteiger partial charge is 0.373 e. The zero-order valence-electron chi connectivity index (χ0n) is 16.3. The van der Waals surface area contributed by atoms with Crippen molar-refractivity contribution in [3.05, 3.63) is 35.9 Å². The topological polar surface area (TPSA) is 82.1 Å². The van der Waals surface area contributed by atoms with E-state index < -0.39 is 17.7 Å². The Bertz CT molecular complexity index is 927. The summed E-state index contributed by atoms with van der Waals surface area (Å²) in [6.07, 6.45) is -2.22. The average Bonchev–Trinajstić information content (AvgIpc) is 3.37. The van der Waals surface area contributed by atoms with Gasteiger partial charge in [-0.05, 0) is 62.8 Å². The number of aliphatic hydroxyl groups is 1. The number of benzene rings is 1. The molecule has 2 aliphatic rings. The molecule has 0 spiro atoms. The molecule has 1 amide bonds. The van der Waals surface area contributed by atoms with E-state index in [1.54, 1.807) is 12.1 Å². The van der Waals surface area contributed by atoms with Crippen LogP contribution in [0.15, 0.2) is 24.3 Å². The summed E-state index contributed by atoms with van der Waals surface area (Å²) in [5, 5.41) is 18.1. The van der Waals surface area contributed by atoms with Crippen molar-refractivity contribution in [3.8, 4) is 11.4 Å². The summed E-state index contributed by atoms with van der Waals surface area (Å²) in [4.78, 5) is 16.5. The average molecular weight is 426 g/mol. The summed E-state index contributed by atoms with van der Waals surface area (Å²) in [5.74, 6) is -0.259. The molecule has 162 valence electrons. The zero-order chi connectivity index (χ0) is 21.7. The summed E-state index contributed by atoms with van der Waals surface area (Å²) in [6.45, 7) is 0.794. The normalized spacial score (nSPS) is 21.3. The molecule has 1 aromatic heterocycles. The molecule has 1 saturated carbocycles. The van der Waals surface area contributed by atoms with Crippen LogP contribution < -0.4 is 0 Å². The molecule has 30 heavy (non-hydrogen) atoms. The lowest BCUT2D eigenvalue weighted by atomic mass is 9.80. The van der Waals surface area contributed by atoms with Crippen molar-refractivity contribution in [2.75, 3.05) is 13.1 Å². The van der Waals surface area contributed by atoms with E-state index in [4.69, 9.17) is 0 Å². The minimum Gasteiger partial charge on any atom is -0.373 e. The fourth-order valence-electron chi connectivity index (χ4n) is 4.26. The predicted molar refractivity (Wildman–Crippen MR) is 98.7 cm³/mol. The first-order valence-corrected chi connectivity index (χ1v) is 9.82. The van der Waals surface area contributed by atoms with Crippen LogP contribution in [0.2, 0.25) is 0 Å². The van der Waals surface area contributed by atoms with Crippen LogP contribution in [0, 0.1) is 11.7 Å². The van der Waals surface area contributed by atoms with E-state index in [1.807, 2.05) is 0 Å². The maximum absolute atomic E-state index is 13.1. The van der Waals surface area contributed by atoms with Crippen molar-refractivity contribution in [1.29, 1.82) is 0 Å². The van der Waals surface area contributed by atoms with E-state index in [-0.39, 0.29) is 30.2 Å². The number of aromatic amines is 1. The van der Waals surface area contributed by atoms with Crippen LogP contribution >= 0.6 is 0 Å². The van der Waals surface area contributed by atoms with E-state index in [0.717, 1.165) is 17.7 Å². The minimum absolute atomic E-state index is 0.145. The molecule has 0 radical (unpaired) electrons. The van der Waals surface area contributed by atoms with E-state index in [1.165, 1.54) is 12.1 Å². The van der Waals surface area contributed by atoms with Crippen molar-refractivity contribution >= 4 is 5.91 Å². The molecule has 2 N–H and O–H groups in total. The van der Waals surface area contributed by atoms with Crippen LogP contribution in [-0.4, -0.2) is 56.0 Å². The van der Waals surface area contributed by atoms with Gasteiger partial charge in [-0.2, -0.15) is 13.2 Å². The lowest BCUT2D eigenvalue weighted by Crippen LogP contribution is -2.57. The fourth-order valence-corrected chi connectivity index (χ4v) is 4.26. The number of aromatic nitrogens is 3. The Hall–Kier alpha value is -2.49. The summed E-state index contributed by atoms with van der Waals surface area (Å²) in [6, 6.07) is 5.89. The number of likely N-dealkylation sites (tertiary alicyclic amines) is 1. The highest BCUT2D eigenvalue weighted by Gasteiger charge is 2.58. The number of hydrogen-bond acceptors (Lipinski definition) is 4. The number of rotatable bonds is 4. The Kier molecular flexibility index (Phi) is 4.87. The summed E-state index contributed by atoms with van der Waals surface area (Å²) >= 11 is 0. The number of H-pyrrole nitrogens is 1. The van der Waals surface area contributed by atoms with Gasteiger partial charge in [0.05, 0.1) is 0 Å². The molecule has 2 heterocycles. The van der Waals surface area contributed by atoms with Gasteiger partial charge in [-0.15, -0.1) is 10.2 Å². The molecular weight excluding hydrogens is 404 g/mol. The fraction of sp³-hybridized carbons (Fsp3) is 0.550. The number of piperidine rings is 1. The summed E-state index contributed by atoms with van der Waals surface area (Å²) in [5.41, 5.74) is -2.90. The van der Waals surface area contributed by atoms with Gasteiger partial charge in [-0.1, -0.05) is 0 Å². The van der Waals surface area contributed by atoms with Crippen LogP contribution in [0.25, 0.3) is 11.4 Å². The molecule has 1 aliphatic heterocycles. The van der Waals surface area contributed by atoms with Gasteiger partial charge >= 0.3 is 6.18 Å². The molecule has 2 aromatic rings. The monoisotopic (exact) mass is 426 g/mol. The van der Waals surface area contributed by atoms with E-state index in [0.29, 0.717) is 37.0 Å². The Morgan fingerprint density at radius 2 is 1.77 bits per heavy atom. The van der Waals surface area contributed by atoms with Crippen LogP contribution in [0.4, 0.5) is 17.6 Å². The highest BCUT2D eigenvalue weighted by Crippen LogP contribution is 2.56. The van der Waals surface area contributed by atoms with Gasteiger partial charge in [0.15, 0.2) is 5.82 Å². The molecule has 1 saturated heterocycles. The molecule has 4 rings (SSSR count). The molecule has 1 atom stereocenters. The van der Waals surface area contributed by atoms with E-state index in [9.17, 15) is 27.5 Å². The van der Waals surface area contributed by atoms with E-state index >= 15 is 0 Å². The van der Waals surface area contributed by atoms with Gasteiger partial charge in [-0.3, -0.25) is 4.79 Å². The Morgan fingerprint density at radius 1 is 1.17 bits per heavy atom. The van der Waals surface area contributed by atoms with Crippen LogP contribution in [0.3, 0.4) is 0 Å². The van der Waals surface area contributed by atoms with Crippen LogP contribution in [0.5, 0.6) is 0 Å². The van der Waals surface area contributed by atoms with Crippen LogP contribution in [-0.2, 0) is 10.2 Å². The molecule has 2 fully saturated rings. The summed E-state index contributed by atoms with van der Waals surface area (Å²) in [7, 11) is 0. The number of carbonyl (C=O) groups is 1. The predicted octanol–water partition coefficient (Wildman–Crippen LogP) is 3.19. The van der Waals surface area contributed by atoms with Gasteiger partial charge < -0.3 is 15.0 Å². The number of nitrogens with one attached hydrogen (secondary N) is 1. The lowest BCUT2D eigenvalue weighted by molar-refractivity contribution is -0.250. The molecular formula is C20H22F4N4O2. The second kappa shape index (κ2) is 7.04. The van der Waals surface area contributed by atoms with Crippen molar-refractivity contribution in [1.82, 2.24) is 20.1 Å². The third kappa shape index (κ3) is 3.46. The maximum atomic E-state index is 13.1. The van der Waals surface area contributed by atoms with Gasteiger partial charge in [0.25, 0.3) is 5.91 Å². The highest BCUT2D eigenvalue weighted by atomic mass is 19.4. The number of amides is 1. The second-order valence-electron chi connectivity index (χ2n) is 8.32. The van der Waals surface area contributed by atoms with Gasteiger partial charge in [0.1, 0.15) is 11.6 Å². The molecule has 0 bridgehead atoms. The SMILES string of the molecule is C[C@@](O)(C(=O)N1CCC(C2(c3nnc(-c4ccc(F)cc4)[nH]3)CC2)CC1)C(F)(F)F. The van der Waals surface area contributed by atoms with Gasteiger partial charge in [-0.25, -0.2) is 4.39 Å². The van der Waals surface area contributed by atoms with Crippen molar-refractivity contribution in [3.63, 3.8) is 0 Å². The molecule has 0 unspecified atom stereocenters. The Balaban J connectivity index is 1.44. The van der Waals surface area contributed by atoms with E-state index in [2.05, 4.69) is 15.2 Å². The highest BCUT2D eigenvalue weighted by molar-refractivity contribution is 5.85. The summed E-state index contributed by atoms with van der Waals surface area (Å²) < 4.78 is 52.0. The number of halogens is 4. The maximum Gasteiger partial charge on any atom is 0.426 e. The first-order valence-electron chi connectivity index (χ1n) is 9.82. The zero-order valence-corrected chi connectivity index (χ0v) is 16.3. The molecule has 6 nitrogen and oxygen atoms in total. The third-order valence-corrected chi connectivity index (χ3v) is 6.40. The van der Waals surface area contributed by atoms with Crippen molar-refractivity contribution < 1.29 is 27.5 Å². The van der Waals surface area contributed by atoms with Crippen LogP contribution in [0.1, 0.15) is 38.4 Å². The first-order chi connectivity index (χ1) is 14.0. The van der Waals surface area contributed by atoms with Gasteiger partial charge in [0, 0.05) is 24.1 Å². The Morgan fingerprint density at radius 3 is 2.30 bits per heavy atom. The van der Waals surface area contributed by atoms with Crippen molar-refractivity contribution in [2.45, 2.75) is 49.8 Å². The number of hydrogen-bond donors (Lipinski definition) is 2. The third-order valence-electron chi connectivity index (χ3n) is 6.40. The Labute approximate surface area is 170 Å². The number of alkyl halides is 3. The first kappa shape index (κ1) is 20.8. The quantitative estimate of drug-likeness (QED) is 0.736. The molecule has 10 heteroatoms. The molecule has 1 aromatic carbocycles. The lowest BCUT2D eigenvalue weighted by Gasteiger charge is -2.38. The number of carbonyl (C=O) groups excluding carboxylic acids is 1.